The number of hydrogen-bond donors (Lipinski definition) is 2. The number of rotatable bonds is 2. The first-order valence-electron chi connectivity index (χ1n) is 5.22. The van der Waals surface area contributed by atoms with Crippen LogP contribution in [-0.2, 0) is 4.74 Å². The van der Waals surface area contributed by atoms with Gasteiger partial charge in [-0.05, 0) is 31.2 Å². The Kier molecular flexibility index (Phi) is 3.01. The topological polar surface area (TPSA) is 85.4 Å². The van der Waals surface area contributed by atoms with E-state index in [0.29, 0.717) is 10.9 Å². The first-order chi connectivity index (χ1) is 8.47. The Bertz CT molecular complexity index is 616. The van der Waals surface area contributed by atoms with E-state index in [-0.39, 0.29) is 11.4 Å². The second kappa shape index (κ2) is 4.48. The van der Waals surface area contributed by atoms with E-state index in [2.05, 4.69) is 4.98 Å². The van der Waals surface area contributed by atoms with Crippen LogP contribution in [0.5, 0.6) is 5.75 Å². The minimum atomic E-state index is -0.956. The summed E-state index contributed by atoms with van der Waals surface area (Å²) in [4.78, 5) is 14.8. The number of benzene rings is 1. The van der Waals surface area contributed by atoms with Gasteiger partial charge in [0.2, 0.25) is 0 Å². The zero-order valence-corrected chi connectivity index (χ0v) is 9.55. The number of hydrogen-bond acceptors (Lipinski definition) is 4. The number of amides is 1. The van der Waals surface area contributed by atoms with E-state index in [1.807, 2.05) is 0 Å². The largest absolute Gasteiger partial charge is 0.506 e. The fourth-order valence-electron chi connectivity index (χ4n) is 1.68. The van der Waals surface area contributed by atoms with Gasteiger partial charge in [0.25, 0.3) is 0 Å². The lowest BCUT2D eigenvalue weighted by Crippen LogP contribution is -2.16. The Hall–Kier alpha value is -2.37. The van der Waals surface area contributed by atoms with E-state index in [1.54, 1.807) is 0 Å². The van der Waals surface area contributed by atoms with E-state index in [4.69, 9.17) is 10.5 Å². The second-order valence-electron chi connectivity index (χ2n) is 3.81. The van der Waals surface area contributed by atoms with E-state index >= 15 is 0 Å². The Balaban J connectivity index is 2.49. The summed E-state index contributed by atoms with van der Waals surface area (Å²) in [5.41, 5.74) is 5.56. The number of nitrogens with two attached hydrogens (primary N) is 1. The molecule has 2 aromatic rings. The molecule has 0 spiro atoms. The summed E-state index contributed by atoms with van der Waals surface area (Å²) in [7, 11) is 0. The zero-order chi connectivity index (χ0) is 13.3. The number of nitrogens with zero attached hydrogens (tertiary/aromatic N) is 1. The lowest BCUT2D eigenvalue weighted by Gasteiger charge is -2.13. The van der Waals surface area contributed by atoms with Crippen molar-refractivity contribution in [1.29, 1.82) is 0 Å². The fourth-order valence-corrected chi connectivity index (χ4v) is 1.68. The quantitative estimate of drug-likeness (QED) is 0.855. The molecule has 0 aliphatic heterocycles. The van der Waals surface area contributed by atoms with Crippen LogP contribution in [0, 0.1) is 5.82 Å². The van der Waals surface area contributed by atoms with Crippen LogP contribution in [-0.4, -0.2) is 16.2 Å². The number of carbonyl (C=O) groups excluding carboxylic acids is 1. The monoisotopic (exact) mass is 250 g/mol. The van der Waals surface area contributed by atoms with Gasteiger partial charge < -0.3 is 15.6 Å². The van der Waals surface area contributed by atoms with Crippen LogP contribution >= 0.6 is 0 Å². The van der Waals surface area contributed by atoms with Gasteiger partial charge in [0.15, 0.2) is 0 Å². The average molecular weight is 250 g/mol. The molecule has 1 aromatic carbocycles. The van der Waals surface area contributed by atoms with Gasteiger partial charge in [-0.15, -0.1) is 0 Å². The number of pyridine rings is 1. The molecule has 0 unspecified atom stereocenters. The van der Waals surface area contributed by atoms with Gasteiger partial charge in [0.1, 0.15) is 23.4 Å². The van der Waals surface area contributed by atoms with Crippen molar-refractivity contribution in [3.05, 3.63) is 35.8 Å². The van der Waals surface area contributed by atoms with Crippen molar-refractivity contribution in [2.24, 2.45) is 5.73 Å². The molecule has 0 fully saturated rings. The molecule has 1 aromatic heterocycles. The van der Waals surface area contributed by atoms with Crippen molar-refractivity contribution < 1.29 is 19.0 Å². The summed E-state index contributed by atoms with van der Waals surface area (Å²) in [6.45, 7) is 1.53. The zero-order valence-electron chi connectivity index (χ0n) is 9.55. The third-order valence-corrected chi connectivity index (χ3v) is 2.46. The molecule has 18 heavy (non-hydrogen) atoms. The summed E-state index contributed by atoms with van der Waals surface area (Å²) in [5.74, 6) is -0.597. The fraction of sp³-hybridized carbons (Fsp3) is 0.167. The maximum Gasteiger partial charge on any atom is 0.405 e. The number of aromatic nitrogens is 1. The van der Waals surface area contributed by atoms with Gasteiger partial charge in [-0.2, -0.15) is 0 Å². The van der Waals surface area contributed by atoms with Crippen molar-refractivity contribution >= 4 is 17.0 Å². The molecule has 94 valence electrons. The Morgan fingerprint density at radius 2 is 2.22 bits per heavy atom. The first kappa shape index (κ1) is 12.1. The molecule has 6 heteroatoms. The molecule has 5 nitrogen and oxygen atoms in total. The molecule has 0 aliphatic rings. The maximum absolute atomic E-state index is 13.0. The van der Waals surface area contributed by atoms with Crippen LogP contribution in [0.15, 0.2) is 24.3 Å². The van der Waals surface area contributed by atoms with Crippen molar-refractivity contribution in [2.75, 3.05) is 0 Å². The standard InChI is InChI=1S/C12H11FN2O3/c1-6(18-12(14)17)11-10(16)5-7-4-8(13)2-3-9(7)15-11/h2-6,16H,1H3,(H2,14,17)/t6-/m0/s1. The average Bonchev–Trinajstić information content (AvgIpc) is 2.26. The maximum atomic E-state index is 13.0. The van der Waals surface area contributed by atoms with Crippen LogP contribution in [0.2, 0.25) is 0 Å². The van der Waals surface area contributed by atoms with E-state index < -0.39 is 18.0 Å². The normalized spacial score (nSPS) is 12.3. The van der Waals surface area contributed by atoms with Crippen molar-refractivity contribution in [3.63, 3.8) is 0 Å². The summed E-state index contributed by atoms with van der Waals surface area (Å²) < 4.78 is 17.7. The van der Waals surface area contributed by atoms with Gasteiger partial charge in [0.05, 0.1) is 5.52 Å². The summed E-state index contributed by atoms with van der Waals surface area (Å²) in [6, 6.07) is 5.35. The van der Waals surface area contributed by atoms with Gasteiger partial charge in [-0.3, -0.25) is 0 Å². The highest BCUT2D eigenvalue weighted by molar-refractivity contribution is 5.80. The number of fused-ring (bicyclic) bond motifs is 1. The summed E-state index contributed by atoms with van der Waals surface area (Å²) >= 11 is 0. The number of ether oxygens (including phenoxy) is 1. The first-order valence-corrected chi connectivity index (χ1v) is 5.22. The molecule has 2 rings (SSSR count). The SMILES string of the molecule is C[C@H](OC(N)=O)c1nc2ccc(F)cc2cc1O. The highest BCUT2D eigenvalue weighted by atomic mass is 19.1. The van der Waals surface area contributed by atoms with E-state index in [9.17, 15) is 14.3 Å². The molecule has 1 amide bonds. The van der Waals surface area contributed by atoms with Crippen LogP contribution in [0.4, 0.5) is 9.18 Å². The molecular formula is C12H11FN2O3. The van der Waals surface area contributed by atoms with Crippen LogP contribution in [0.3, 0.4) is 0 Å². The summed E-state index contributed by atoms with van der Waals surface area (Å²) in [5, 5.41) is 10.2. The molecular weight excluding hydrogens is 239 g/mol. The molecule has 1 heterocycles. The van der Waals surface area contributed by atoms with Crippen molar-refractivity contribution in [1.82, 2.24) is 4.98 Å². The van der Waals surface area contributed by atoms with E-state index in [0.717, 1.165) is 0 Å². The van der Waals surface area contributed by atoms with Crippen molar-refractivity contribution in [3.8, 4) is 5.75 Å². The smallest absolute Gasteiger partial charge is 0.405 e. The summed E-state index contributed by atoms with van der Waals surface area (Å²) in [6.07, 6.45) is -1.74. The van der Waals surface area contributed by atoms with Gasteiger partial charge in [-0.1, -0.05) is 0 Å². The molecule has 0 saturated carbocycles. The lowest BCUT2D eigenvalue weighted by molar-refractivity contribution is 0.113. The third kappa shape index (κ3) is 2.32. The van der Waals surface area contributed by atoms with Gasteiger partial charge >= 0.3 is 6.09 Å². The highest BCUT2D eigenvalue weighted by Gasteiger charge is 2.16. The lowest BCUT2D eigenvalue weighted by atomic mass is 10.1. The van der Waals surface area contributed by atoms with E-state index in [1.165, 1.54) is 31.2 Å². The molecule has 0 saturated heterocycles. The molecule has 1 atom stereocenters. The number of halogens is 1. The number of carbonyl (C=O) groups is 1. The number of primary amides is 1. The molecule has 0 radical (unpaired) electrons. The minimum Gasteiger partial charge on any atom is -0.506 e. The van der Waals surface area contributed by atoms with Crippen LogP contribution in [0.25, 0.3) is 10.9 Å². The highest BCUT2D eigenvalue weighted by Crippen LogP contribution is 2.28. The Morgan fingerprint density at radius 3 is 2.89 bits per heavy atom. The van der Waals surface area contributed by atoms with Gasteiger partial charge in [0, 0.05) is 5.39 Å². The predicted octanol–water partition coefficient (Wildman–Crippen LogP) is 2.24. The molecule has 0 aliphatic carbocycles. The van der Waals surface area contributed by atoms with Gasteiger partial charge in [-0.25, -0.2) is 14.2 Å². The predicted molar refractivity (Wildman–Crippen MR) is 62.4 cm³/mol. The van der Waals surface area contributed by atoms with Crippen molar-refractivity contribution in [2.45, 2.75) is 13.0 Å². The van der Waals surface area contributed by atoms with Crippen LogP contribution < -0.4 is 5.73 Å². The Labute approximate surface area is 102 Å². The minimum absolute atomic E-state index is 0.174. The number of aromatic hydroxyl groups is 1. The molecule has 0 bridgehead atoms. The Morgan fingerprint density at radius 1 is 1.50 bits per heavy atom. The molecule has 3 N–H and O–H groups in total. The third-order valence-electron chi connectivity index (χ3n) is 2.46. The second-order valence-corrected chi connectivity index (χ2v) is 3.81. The van der Waals surface area contributed by atoms with Crippen LogP contribution in [0.1, 0.15) is 18.7 Å².